The first-order chi connectivity index (χ1) is 12.1. The van der Waals surface area contributed by atoms with Gasteiger partial charge in [-0.05, 0) is 37.0 Å². The zero-order valence-electron chi connectivity index (χ0n) is 14.3. The van der Waals surface area contributed by atoms with E-state index in [0.717, 1.165) is 18.6 Å². The monoisotopic (exact) mass is 343 g/mol. The Morgan fingerprint density at radius 1 is 1.40 bits per heavy atom. The fourth-order valence-corrected chi connectivity index (χ4v) is 3.07. The van der Waals surface area contributed by atoms with Gasteiger partial charge in [0.05, 0.1) is 36.9 Å². The maximum atomic E-state index is 12.8. The molecular formula is C18H21N3O4. The third kappa shape index (κ3) is 3.81. The van der Waals surface area contributed by atoms with Crippen LogP contribution in [0.15, 0.2) is 41.3 Å². The number of urea groups is 1. The molecule has 0 unspecified atom stereocenters. The molecule has 7 heteroatoms. The molecular weight excluding hydrogens is 322 g/mol. The maximum absolute atomic E-state index is 12.8. The molecule has 1 aliphatic heterocycles. The number of furan rings is 1. The quantitative estimate of drug-likeness (QED) is 0.863. The topological polar surface area (TPSA) is 84.7 Å². The molecule has 1 aliphatic rings. The van der Waals surface area contributed by atoms with Crippen LogP contribution in [-0.4, -0.2) is 35.5 Å². The lowest BCUT2D eigenvalue weighted by Crippen LogP contribution is -2.42. The van der Waals surface area contributed by atoms with Crippen LogP contribution in [0.1, 0.15) is 41.9 Å². The number of carbonyl (C=O) groups is 2. The van der Waals surface area contributed by atoms with Gasteiger partial charge in [-0.2, -0.15) is 0 Å². The first-order valence-electron chi connectivity index (χ1n) is 8.23. The van der Waals surface area contributed by atoms with Crippen LogP contribution in [0.4, 0.5) is 10.5 Å². The predicted molar refractivity (Wildman–Crippen MR) is 91.1 cm³/mol. The van der Waals surface area contributed by atoms with Crippen LogP contribution in [0.3, 0.4) is 0 Å². The highest BCUT2D eigenvalue weighted by atomic mass is 16.5. The summed E-state index contributed by atoms with van der Waals surface area (Å²) in [5.74, 6) is 0.801. The van der Waals surface area contributed by atoms with Crippen molar-refractivity contribution in [1.29, 1.82) is 0 Å². The van der Waals surface area contributed by atoms with Crippen molar-refractivity contribution in [1.82, 2.24) is 9.88 Å². The number of ether oxygens (including phenoxy) is 1. The highest BCUT2D eigenvalue weighted by molar-refractivity contribution is 5.93. The van der Waals surface area contributed by atoms with Crippen LogP contribution in [0.25, 0.3) is 0 Å². The van der Waals surface area contributed by atoms with Crippen molar-refractivity contribution in [3.63, 3.8) is 0 Å². The lowest BCUT2D eigenvalue weighted by Gasteiger charge is -2.37. The van der Waals surface area contributed by atoms with Crippen LogP contribution < -0.4 is 5.32 Å². The molecule has 1 N–H and O–H groups in total. The highest BCUT2D eigenvalue weighted by Crippen LogP contribution is 2.34. The van der Waals surface area contributed by atoms with E-state index in [1.54, 1.807) is 17.2 Å². The molecule has 7 nitrogen and oxygen atoms in total. The van der Waals surface area contributed by atoms with Gasteiger partial charge in [0.1, 0.15) is 5.76 Å². The summed E-state index contributed by atoms with van der Waals surface area (Å²) in [5, 5.41) is 2.81. The Kier molecular flexibility index (Phi) is 5.02. The summed E-state index contributed by atoms with van der Waals surface area (Å²) in [7, 11) is 1.30. The molecule has 0 bridgehead atoms. The van der Waals surface area contributed by atoms with Gasteiger partial charge in [0, 0.05) is 12.7 Å². The Hall–Kier alpha value is -2.83. The summed E-state index contributed by atoms with van der Waals surface area (Å²) >= 11 is 0. The van der Waals surface area contributed by atoms with E-state index in [1.165, 1.54) is 19.5 Å². The number of hydrogen-bond acceptors (Lipinski definition) is 5. The molecule has 1 saturated heterocycles. The molecule has 0 radical (unpaired) electrons. The summed E-state index contributed by atoms with van der Waals surface area (Å²) in [6.07, 6.45) is 6.30. The molecule has 0 aromatic carbocycles. The molecule has 2 aromatic heterocycles. The van der Waals surface area contributed by atoms with Crippen molar-refractivity contribution in [2.24, 2.45) is 5.92 Å². The van der Waals surface area contributed by atoms with Gasteiger partial charge in [0.25, 0.3) is 0 Å². The van der Waals surface area contributed by atoms with Crippen molar-refractivity contribution in [3.05, 3.63) is 48.2 Å². The van der Waals surface area contributed by atoms with Crippen LogP contribution in [0.5, 0.6) is 0 Å². The number of likely N-dealkylation sites (tertiary alicyclic amines) is 1. The van der Waals surface area contributed by atoms with Crippen molar-refractivity contribution < 1.29 is 18.7 Å². The third-order valence-electron chi connectivity index (χ3n) is 4.41. The lowest BCUT2D eigenvalue weighted by atomic mass is 9.91. The minimum absolute atomic E-state index is 0.101. The van der Waals surface area contributed by atoms with Gasteiger partial charge in [-0.1, -0.05) is 6.92 Å². The van der Waals surface area contributed by atoms with E-state index in [9.17, 15) is 9.59 Å². The summed E-state index contributed by atoms with van der Waals surface area (Å²) in [5.41, 5.74) is 0.736. The van der Waals surface area contributed by atoms with Crippen molar-refractivity contribution in [3.8, 4) is 0 Å². The lowest BCUT2D eigenvalue weighted by molar-refractivity contribution is 0.0600. The molecule has 0 saturated carbocycles. The largest absolute Gasteiger partial charge is 0.467 e. The Morgan fingerprint density at radius 3 is 2.96 bits per heavy atom. The smallest absolute Gasteiger partial charge is 0.339 e. The zero-order chi connectivity index (χ0) is 17.8. The maximum Gasteiger partial charge on any atom is 0.339 e. The number of methoxy groups -OCH3 is 1. The van der Waals surface area contributed by atoms with Crippen molar-refractivity contribution in [2.75, 3.05) is 19.0 Å². The van der Waals surface area contributed by atoms with E-state index < -0.39 is 5.97 Å². The molecule has 1 fully saturated rings. The van der Waals surface area contributed by atoms with Crippen LogP contribution in [0.2, 0.25) is 0 Å². The van der Waals surface area contributed by atoms with Crippen LogP contribution in [-0.2, 0) is 4.74 Å². The molecule has 0 spiro atoms. The van der Waals surface area contributed by atoms with Gasteiger partial charge < -0.3 is 19.4 Å². The molecule has 2 amide bonds. The van der Waals surface area contributed by atoms with Crippen LogP contribution >= 0.6 is 0 Å². The van der Waals surface area contributed by atoms with Gasteiger partial charge >= 0.3 is 12.0 Å². The number of nitrogens with one attached hydrogen (secondary N) is 1. The average Bonchev–Trinajstić information content (AvgIpc) is 3.15. The second-order valence-electron chi connectivity index (χ2n) is 6.24. The Labute approximate surface area is 146 Å². The van der Waals surface area contributed by atoms with E-state index in [2.05, 4.69) is 22.0 Å². The van der Waals surface area contributed by atoms with Gasteiger partial charge in [0.15, 0.2) is 0 Å². The van der Waals surface area contributed by atoms with E-state index in [-0.39, 0.29) is 17.6 Å². The summed E-state index contributed by atoms with van der Waals surface area (Å²) in [6.45, 7) is 2.82. The van der Waals surface area contributed by atoms with Crippen LogP contribution in [0, 0.1) is 5.92 Å². The van der Waals surface area contributed by atoms with E-state index >= 15 is 0 Å². The average molecular weight is 343 g/mol. The number of carbonyl (C=O) groups excluding carboxylic acids is 2. The number of rotatable bonds is 3. The van der Waals surface area contributed by atoms with Gasteiger partial charge in [-0.3, -0.25) is 4.98 Å². The van der Waals surface area contributed by atoms with E-state index in [4.69, 9.17) is 4.42 Å². The van der Waals surface area contributed by atoms with Gasteiger partial charge in [-0.15, -0.1) is 0 Å². The summed E-state index contributed by atoms with van der Waals surface area (Å²) in [6, 6.07) is 4.93. The van der Waals surface area contributed by atoms with Crippen molar-refractivity contribution >= 4 is 17.7 Å². The minimum Gasteiger partial charge on any atom is -0.467 e. The molecule has 2 aromatic rings. The fraction of sp³-hybridized carbons (Fsp3) is 0.389. The number of piperidine rings is 1. The summed E-state index contributed by atoms with van der Waals surface area (Å²) < 4.78 is 10.2. The number of esters is 1. The Morgan fingerprint density at radius 2 is 2.24 bits per heavy atom. The van der Waals surface area contributed by atoms with E-state index in [0.29, 0.717) is 18.2 Å². The molecule has 3 heterocycles. The fourth-order valence-electron chi connectivity index (χ4n) is 3.07. The first kappa shape index (κ1) is 17.0. The summed E-state index contributed by atoms with van der Waals surface area (Å²) in [4.78, 5) is 30.1. The standard InChI is InChI=1S/C18H21N3O4/c1-12-5-6-21(15(8-12)16-4-3-7-25-16)18(23)20-14-9-13(10-19-11-14)17(22)24-2/h3-4,7,9-12,15H,5-6,8H2,1-2H3,(H,20,23)/t12-,15-/m1/s1. The predicted octanol–water partition coefficient (Wildman–Crippen LogP) is 3.47. The van der Waals surface area contributed by atoms with Crippen molar-refractivity contribution in [2.45, 2.75) is 25.8 Å². The SMILES string of the molecule is COC(=O)c1cncc(NC(=O)N2CC[C@@H](C)C[C@@H]2c2ccco2)c1. The molecule has 2 atom stereocenters. The highest BCUT2D eigenvalue weighted by Gasteiger charge is 2.32. The third-order valence-corrected chi connectivity index (χ3v) is 4.41. The normalized spacial score (nSPS) is 20.2. The molecule has 0 aliphatic carbocycles. The number of anilines is 1. The molecule has 132 valence electrons. The Balaban J connectivity index is 1.76. The number of aromatic nitrogens is 1. The Bertz CT molecular complexity index is 745. The molecule has 3 rings (SSSR count). The number of nitrogens with zero attached hydrogens (tertiary/aromatic N) is 2. The number of hydrogen-bond donors (Lipinski definition) is 1. The molecule has 25 heavy (non-hydrogen) atoms. The van der Waals surface area contributed by atoms with Gasteiger partial charge in [0.2, 0.25) is 0 Å². The first-order valence-corrected chi connectivity index (χ1v) is 8.23. The van der Waals surface area contributed by atoms with Gasteiger partial charge in [-0.25, -0.2) is 9.59 Å². The van der Waals surface area contributed by atoms with E-state index in [1.807, 2.05) is 12.1 Å². The zero-order valence-corrected chi connectivity index (χ0v) is 14.3. The second kappa shape index (κ2) is 7.38. The minimum atomic E-state index is -0.496. The number of pyridine rings is 1. The second-order valence-corrected chi connectivity index (χ2v) is 6.24. The number of amides is 2.